The fourth-order valence-corrected chi connectivity index (χ4v) is 3.81. The summed E-state index contributed by atoms with van der Waals surface area (Å²) in [4.78, 5) is 25.6. The largest absolute Gasteiger partial charge is 0.465 e. The molecule has 0 aliphatic carbocycles. The Morgan fingerprint density at radius 2 is 1.97 bits per heavy atom. The zero-order chi connectivity index (χ0) is 23.9. The van der Waals surface area contributed by atoms with Crippen LogP contribution in [0.15, 0.2) is 60.9 Å². The van der Waals surface area contributed by atoms with Crippen molar-refractivity contribution in [3.8, 4) is 23.1 Å². The molecule has 7 nitrogen and oxygen atoms in total. The number of carbonyl (C=O) groups excluding carboxylic acids is 1. The average Bonchev–Trinajstić information content (AvgIpc) is 2.87. The Hall–Kier alpha value is -3.73. The van der Waals surface area contributed by atoms with Gasteiger partial charge in [0, 0.05) is 48.7 Å². The maximum atomic E-state index is 12.4. The first-order valence-electron chi connectivity index (χ1n) is 11.2. The van der Waals surface area contributed by atoms with Gasteiger partial charge in [-0.25, -0.2) is 9.78 Å². The van der Waals surface area contributed by atoms with Crippen LogP contribution in [0.4, 0.5) is 5.82 Å². The highest BCUT2D eigenvalue weighted by molar-refractivity contribution is 5.91. The molecule has 7 heteroatoms. The van der Waals surface area contributed by atoms with Gasteiger partial charge in [0.1, 0.15) is 5.82 Å². The number of likely N-dealkylation sites (N-methyl/N-ethyl adjacent to an activating group) is 1. The number of rotatable bonds is 5. The van der Waals surface area contributed by atoms with Crippen molar-refractivity contribution in [3.63, 3.8) is 0 Å². The molecule has 1 atom stereocenters. The summed E-state index contributed by atoms with van der Waals surface area (Å²) in [6.45, 7) is 2.85. The van der Waals surface area contributed by atoms with E-state index >= 15 is 0 Å². The zero-order valence-electron chi connectivity index (χ0n) is 19.7. The van der Waals surface area contributed by atoms with Crippen molar-refractivity contribution in [2.24, 2.45) is 0 Å². The number of anilines is 1. The van der Waals surface area contributed by atoms with Crippen molar-refractivity contribution < 1.29 is 14.3 Å². The van der Waals surface area contributed by atoms with Crippen molar-refractivity contribution in [3.05, 3.63) is 77.6 Å². The van der Waals surface area contributed by atoms with Gasteiger partial charge in [0.15, 0.2) is 0 Å². The molecule has 1 aliphatic heterocycles. The number of methoxy groups -OCH3 is 1. The van der Waals surface area contributed by atoms with E-state index in [4.69, 9.17) is 14.5 Å². The third kappa shape index (κ3) is 5.98. The van der Waals surface area contributed by atoms with Crippen molar-refractivity contribution >= 4 is 11.8 Å². The van der Waals surface area contributed by atoms with Gasteiger partial charge < -0.3 is 19.3 Å². The predicted octanol–water partition coefficient (Wildman–Crippen LogP) is 3.10. The fourth-order valence-electron chi connectivity index (χ4n) is 3.81. The van der Waals surface area contributed by atoms with Gasteiger partial charge in [-0.1, -0.05) is 24.0 Å². The summed E-state index contributed by atoms with van der Waals surface area (Å²) in [6.07, 6.45) is 3.54. The predicted molar refractivity (Wildman–Crippen MR) is 132 cm³/mol. The van der Waals surface area contributed by atoms with Crippen LogP contribution in [0.2, 0.25) is 0 Å². The summed E-state index contributed by atoms with van der Waals surface area (Å²) in [7, 11) is 5.45. The van der Waals surface area contributed by atoms with Crippen molar-refractivity contribution in [1.29, 1.82) is 0 Å². The number of nitrogens with zero attached hydrogens (tertiary/aromatic N) is 4. The molecule has 1 aliphatic rings. The lowest BCUT2D eigenvalue weighted by molar-refractivity contribution is 0.0245. The van der Waals surface area contributed by atoms with Crippen LogP contribution in [0.25, 0.3) is 11.3 Å². The van der Waals surface area contributed by atoms with Crippen molar-refractivity contribution in [2.75, 3.05) is 52.3 Å². The summed E-state index contributed by atoms with van der Waals surface area (Å²) >= 11 is 0. The molecule has 4 rings (SSSR count). The molecule has 34 heavy (non-hydrogen) atoms. The first kappa shape index (κ1) is 23.4. The maximum absolute atomic E-state index is 12.4. The van der Waals surface area contributed by atoms with Crippen LogP contribution in [0.1, 0.15) is 21.5 Å². The molecule has 1 aromatic carbocycles. The highest BCUT2D eigenvalue weighted by Crippen LogP contribution is 2.25. The Morgan fingerprint density at radius 3 is 2.68 bits per heavy atom. The summed E-state index contributed by atoms with van der Waals surface area (Å²) in [5, 5.41) is 0. The molecule has 1 fully saturated rings. The van der Waals surface area contributed by atoms with Crippen LogP contribution in [-0.4, -0.2) is 74.4 Å². The number of benzene rings is 1. The number of ether oxygens (including phenoxy) is 2. The van der Waals surface area contributed by atoms with Gasteiger partial charge in [-0.05, 0) is 50.5 Å². The number of hydrogen-bond acceptors (Lipinski definition) is 7. The summed E-state index contributed by atoms with van der Waals surface area (Å²) in [5.74, 6) is 6.62. The van der Waals surface area contributed by atoms with Crippen LogP contribution in [0.5, 0.6) is 0 Å². The Labute approximate surface area is 200 Å². The second-order valence-electron chi connectivity index (χ2n) is 8.36. The van der Waals surface area contributed by atoms with E-state index in [-0.39, 0.29) is 12.1 Å². The van der Waals surface area contributed by atoms with E-state index in [1.165, 1.54) is 7.11 Å². The summed E-state index contributed by atoms with van der Waals surface area (Å²) < 4.78 is 10.9. The lowest BCUT2D eigenvalue weighted by Crippen LogP contribution is -2.46. The van der Waals surface area contributed by atoms with Crippen LogP contribution in [-0.2, 0) is 9.47 Å². The van der Waals surface area contributed by atoms with Crippen LogP contribution >= 0.6 is 0 Å². The highest BCUT2D eigenvalue weighted by Gasteiger charge is 2.23. The SMILES string of the molecule is COC(=O)c1cc(-c2ccc(C#Cc3cccnc3)cc2)nc(N2CCOC(CN(C)C)C2)c1. The Morgan fingerprint density at radius 1 is 1.18 bits per heavy atom. The van der Waals surface area contributed by atoms with Gasteiger partial charge in [-0.15, -0.1) is 0 Å². The van der Waals surface area contributed by atoms with E-state index < -0.39 is 0 Å². The standard InChI is InChI=1S/C27H28N4O3/c1-30(2)18-24-19-31(13-14-34-24)26-16-23(27(32)33-3)15-25(29-26)22-10-8-20(9-11-22)6-7-21-5-4-12-28-17-21/h4-5,8-12,15-17,24H,13-14,18-19H2,1-3H3. The highest BCUT2D eigenvalue weighted by atomic mass is 16.5. The topological polar surface area (TPSA) is 67.8 Å². The van der Waals surface area contributed by atoms with Crippen molar-refractivity contribution in [1.82, 2.24) is 14.9 Å². The lowest BCUT2D eigenvalue weighted by atomic mass is 10.1. The minimum absolute atomic E-state index is 0.0773. The zero-order valence-corrected chi connectivity index (χ0v) is 19.7. The minimum atomic E-state index is -0.387. The molecule has 2 aromatic heterocycles. The molecule has 0 saturated carbocycles. The van der Waals surface area contributed by atoms with Crippen LogP contribution in [0, 0.1) is 11.8 Å². The van der Waals surface area contributed by atoms with E-state index in [0.717, 1.165) is 29.1 Å². The van der Waals surface area contributed by atoms with E-state index in [1.807, 2.05) is 50.5 Å². The molecule has 0 amide bonds. The first-order chi connectivity index (χ1) is 16.5. The number of hydrogen-bond donors (Lipinski definition) is 0. The first-order valence-corrected chi connectivity index (χ1v) is 11.2. The third-order valence-electron chi connectivity index (χ3n) is 5.46. The quantitative estimate of drug-likeness (QED) is 0.432. The molecule has 0 N–H and O–H groups in total. The number of morpholine rings is 1. The molecule has 0 radical (unpaired) electrons. The molecule has 1 unspecified atom stereocenters. The van der Waals surface area contributed by atoms with Gasteiger partial charge in [-0.2, -0.15) is 0 Å². The molecule has 3 heterocycles. The molecule has 1 saturated heterocycles. The summed E-state index contributed by atoms with van der Waals surface area (Å²) in [6, 6.07) is 15.2. The molecular weight excluding hydrogens is 428 g/mol. The average molecular weight is 457 g/mol. The molecule has 174 valence electrons. The Kier molecular flexibility index (Phi) is 7.53. The number of aromatic nitrogens is 2. The molecule has 3 aromatic rings. The molecule has 0 bridgehead atoms. The second-order valence-corrected chi connectivity index (χ2v) is 8.36. The van der Waals surface area contributed by atoms with E-state index in [0.29, 0.717) is 31.0 Å². The Bertz CT molecular complexity index is 1180. The number of carbonyl (C=O) groups is 1. The van der Waals surface area contributed by atoms with Gasteiger partial charge in [0.25, 0.3) is 0 Å². The molecule has 0 spiro atoms. The van der Waals surface area contributed by atoms with Crippen molar-refractivity contribution in [2.45, 2.75) is 6.10 Å². The van der Waals surface area contributed by atoms with E-state index in [9.17, 15) is 4.79 Å². The number of esters is 1. The third-order valence-corrected chi connectivity index (χ3v) is 5.46. The maximum Gasteiger partial charge on any atom is 0.338 e. The van der Waals surface area contributed by atoms with Gasteiger partial charge in [-0.3, -0.25) is 4.98 Å². The van der Waals surface area contributed by atoms with Gasteiger partial charge >= 0.3 is 5.97 Å². The minimum Gasteiger partial charge on any atom is -0.465 e. The second kappa shape index (κ2) is 10.9. The van der Waals surface area contributed by atoms with Crippen LogP contribution in [0.3, 0.4) is 0 Å². The monoisotopic (exact) mass is 456 g/mol. The van der Waals surface area contributed by atoms with E-state index in [1.54, 1.807) is 24.5 Å². The van der Waals surface area contributed by atoms with Gasteiger partial charge in [0.2, 0.25) is 0 Å². The van der Waals surface area contributed by atoms with Gasteiger partial charge in [0.05, 0.1) is 31.1 Å². The molecular formula is C27H28N4O3. The smallest absolute Gasteiger partial charge is 0.338 e. The fraction of sp³-hybridized carbons (Fsp3) is 0.296. The number of pyridine rings is 2. The normalized spacial score (nSPS) is 15.5. The summed E-state index contributed by atoms with van der Waals surface area (Å²) in [5.41, 5.74) is 3.83. The lowest BCUT2D eigenvalue weighted by Gasteiger charge is -2.35. The van der Waals surface area contributed by atoms with E-state index in [2.05, 4.69) is 26.6 Å². The van der Waals surface area contributed by atoms with Crippen LogP contribution < -0.4 is 4.90 Å². The Balaban J connectivity index is 1.61.